The second-order valence-electron chi connectivity index (χ2n) is 2.45. The van der Waals surface area contributed by atoms with Gasteiger partial charge in [-0.15, -0.1) is 0 Å². The van der Waals surface area contributed by atoms with Crippen LogP contribution in [0.5, 0.6) is 0 Å². The van der Waals surface area contributed by atoms with Gasteiger partial charge in [0.1, 0.15) is 12.4 Å². The zero-order chi connectivity index (χ0) is 9.68. The van der Waals surface area contributed by atoms with Crippen molar-refractivity contribution in [1.82, 2.24) is 0 Å². The first-order chi connectivity index (χ1) is 6.22. The Labute approximate surface area is 80.7 Å². The molecule has 0 amide bonds. The zero-order valence-corrected chi connectivity index (χ0v) is 7.59. The Morgan fingerprint density at radius 2 is 2.08 bits per heavy atom. The number of hydrogen-bond donors (Lipinski definition) is 1. The van der Waals surface area contributed by atoms with E-state index in [0.717, 1.165) is 5.56 Å². The van der Waals surface area contributed by atoms with Crippen molar-refractivity contribution in [3.05, 3.63) is 40.7 Å². The molecule has 0 spiro atoms. The van der Waals surface area contributed by atoms with Crippen LogP contribution in [0.1, 0.15) is 5.56 Å². The van der Waals surface area contributed by atoms with E-state index in [2.05, 4.69) is 4.84 Å². The van der Waals surface area contributed by atoms with Crippen LogP contribution in [-0.4, -0.2) is 6.61 Å². The van der Waals surface area contributed by atoms with E-state index in [-0.39, 0.29) is 6.61 Å². The van der Waals surface area contributed by atoms with E-state index in [1.54, 1.807) is 24.3 Å². The number of halogens is 2. The van der Waals surface area contributed by atoms with Crippen LogP contribution in [-0.2, 0) is 4.84 Å². The predicted octanol–water partition coefficient (Wildman–Crippen LogP) is 2.54. The first kappa shape index (κ1) is 10.2. The van der Waals surface area contributed by atoms with Gasteiger partial charge in [-0.2, -0.15) is 0 Å². The SMILES string of the molecule is NOCC(F)=Cc1ccc(Cl)cc1. The molecule has 70 valence electrons. The fourth-order valence-electron chi connectivity index (χ4n) is 0.861. The highest BCUT2D eigenvalue weighted by Crippen LogP contribution is 2.12. The average molecular weight is 202 g/mol. The second-order valence-corrected chi connectivity index (χ2v) is 2.89. The molecule has 0 aliphatic carbocycles. The normalized spacial score (nSPS) is 11.8. The van der Waals surface area contributed by atoms with Crippen LogP contribution < -0.4 is 5.90 Å². The summed E-state index contributed by atoms with van der Waals surface area (Å²) in [6, 6.07) is 6.78. The minimum absolute atomic E-state index is 0.220. The van der Waals surface area contributed by atoms with Gasteiger partial charge in [0.05, 0.1) is 0 Å². The lowest BCUT2D eigenvalue weighted by atomic mass is 10.2. The van der Waals surface area contributed by atoms with E-state index in [4.69, 9.17) is 17.5 Å². The van der Waals surface area contributed by atoms with Crippen LogP contribution in [0.15, 0.2) is 30.1 Å². The average Bonchev–Trinajstić information content (AvgIpc) is 2.09. The number of benzene rings is 1. The minimum atomic E-state index is -0.426. The van der Waals surface area contributed by atoms with Gasteiger partial charge >= 0.3 is 0 Å². The van der Waals surface area contributed by atoms with Crippen LogP contribution in [0.25, 0.3) is 6.08 Å². The van der Waals surface area contributed by atoms with E-state index < -0.39 is 5.83 Å². The minimum Gasteiger partial charge on any atom is -0.297 e. The van der Waals surface area contributed by atoms with Gasteiger partial charge in [-0.25, -0.2) is 10.3 Å². The summed E-state index contributed by atoms with van der Waals surface area (Å²) >= 11 is 5.65. The summed E-state index contributed by atoms with van der Waals surface area (Å²) in [6.45, 7) is -0.220. The monoisotopic (exact) mass is 201 g/mol. The van der Waals surface area contributed by atoms with Gasteiger partial charge in [-0.3, -0.25) is 4.84 Å². The largest absolute Gasteiger partial charge is 0.297 e. The molecule has 1 rings (SSSR count). The number of rotatable bonds is 3. The molecule has 0 fully saturated rings. The summed E-state index contributed by atoms with van der Waals surface area (Å²) in [6.07, 6.45) is 1.34. The van der Waals surface area contributed by atoms with Crippen molar-refractivity contribution in [2.24, 2.45) is 5.90 Å². The molecule has 2 N–H and O–H groups in total. The summed E-state index contributed by atoms with van der Waals surface area (Å²) in [4.78, 5) is 4.13. The van der Waals surface area contributed by atoms with Crippen LogP contribution >= 0.6 is 11.6 Å². The summed E-state index contributed by atoms with van der Waals surface area (Å²) in [5.74, 6) is 4.28. The first-order valence-electron chi connectivity index (χ1n) is 3.65. The lowest BCUT2D eigenvalue weighted by Crippen LogP contribution is -2.00. The van der Waals surface area contributed by atoms with Crippen molar-refractivity contribution in [2.75, 3.05) is 6.61 Å². The molecule has 0 saturated heterocycles. The molecule has 1 aromatic carbocycles. The van der Waals surface area contributed by atoms with Crippen LogP contribution in [0.2, 0.25) is 5.02 Å². The predicted molar refractivity (Wildman–Crippen MR) is 50.7 cm³/mol. The molecular formula is C9H9ClFNO. The van der Waals surface area contributed by atoms with Gasteiger partial charge in [0, 0.05) is 5.02 Å². The third-order valence-electron chi connectivity index (χ3n) is 1.41. The third kappa shape index (κ3) is 3.55. The van der Waals surface area contributed by atoms with E-state index in [1.165, 1.54) is 6.08 Å². The van der Waals surface area contributed by atoms with Crippen molar-refractivity contribution in [3.63, 3.8) is 0 Å². The highest BCUT2D eigenvalue weighted by atomic mass is 35.5. The molecule has 0 atom stereocenters. The lowest BCUT2D eigenvalue weighted by Gasteiger charge is -1.96. The van der Waals surface area contributed by atoms with Crippen molar-refractivity contribution >= 4 is 17.7 Å². The highest BCUT2D eigenvalue weighted by Gasteiger charge is 1.94. The van der Waals surface area contributed by atoms with Gasteiger partial charge in [-0.1, -0.05) is 23.7 Å². The Morgan fingerprint density at radius 3 is 2.62 bits per heavy atom. The van der Waals surface area contributed by atoms with Crippen LogP contribution in [0.4, 0.5) is 4.39 Å². The molecule has 13 heavy (non-hydrogen) atoms. The maximum atomic E-state index is 12.8. The Bertz CT molecular complexity index is 297. The maximum Gasteiger partial charge on any atom is 0.128 e. The Hall–Kier alpha value is -0.900. The molecule has 0 heterocycles. The smallest absolute Gasteiger partial charge is 0.128 e. The molecule has 0 radical (unpaired) electrons. The molecule has 0 unspecified atom stereocenters. The molecule has 1 aromatic rings. The number of nitrogens with two attached hydrogens (primary N) is 1. The molecule has 2 nitrogen and oxygen atoms in total. The lowest BCUT2D eigenvalue weighted by molar-refractivity contribution is 0.148. The summed E-state index contributed by atoms with van der Waals surface area (Å²) < 4.78 is 12.8. The van der Waals surface area contributed by atoms with Gasteiger partial charge in [0.15, 0.2) is 0 Å². The molecule has 0 aliphatic heterocycles. The first-order valence-corrected chi connectivity index (χ1v) is 4.03. The van der Waals surface area contributed by atoms with Crippen molar-refractivity contribution in [3.8, 4) is 0 Å². The fraction of sp³-hybridized carbons (Fsp3) is 0.111. The zero-order valence-electron chi connectivity index (χ0n) is 6.84. The standard InChI is InChI=1S/C9H9ClFNO/c10-8-3-1-7(2-4-8)5-9(11)6-13-12/h1-5H,6,12H2. The summed E-state index contributed by atoms with van der Waals surface area (Å²) in [5, 5.41) is 0.618. The molecule has 4 heteroatoms. The molecule has 0 aromatic heterocycles. The Morgan fingerprint density at radius 1 is 1.46 bits per heavy atom. The van der Waals surface area contributed by atoms with E-state index in [0.29, 0.717) is 5.02 Å². The topological polar surface area (TPSA) is 35.2 Å². The number of hydrogen-bond acceptors (Lipinski definition) is 2. The van der Waals surface area contributed by atoms with Crippen molar-refractivity contribution in [2.45, 2.75) is 0 Å². The van der Waals surface area contributed by atoms with E-state index >= 15 is 0 Å². The molecular weight excluding hydrogens is 193 g/mol. The Balaban J connectivity index is 2.73. The van der Waals surface area contributed by atoms with Gasteiger partial charge in [0.2, 0.25) is 0 Å². The summed E-state index contributed by atoms with van der Waals surface area (Å²) in [5.41, 5.74) is 0.721. The van der Waals surface area contributed by atoms with Gasteiger partial charge in [0.25, 0.3) is 0 Å². The molecule has 0 bridgehead atoms. The van der Waals surface area contributed by atoms with Crippen molar-refractivity contribution < 1.29 is 9.23 Å². The van der Waals surface area contributed by atoms with Crippen LogP contribution in [0, 0.1) is 0 Å². The Kier molecular flexibility index (Phi) is 3.89. The quantitative estimate of drug-likeness (QED) is 0.763. The fourth-order valence-corrected chi connectivity index (χ4v) is 0.987. The maximum absolute atomic E-state index is 12.8. The van der Waals surface area contributed by atoms with Gasteiger partial charge in [-0.05, 0) is 23.8 Å². The molecule has 0 aliphatic rings. The third-order valence-corrected chi connectivity index (χ3v) is 1.67. The molecule has 0 saturated carbocycles. The van der Waals surface area contributed by atoms with Crippen LogP contribution in [0.3, 0.4) is 0 Å². The highest BCUT2D eigenvalue weighted by molar-refractivity contribution is 6.30. The van der Waals surface area contributed by atoms with E-state index in [9.17, 15) is 4.39 Å². The van der Waals surface area contributed by atoms with Crippen molar-refractivity contribution in [1.29, 1.82) is 0 Å². The van der Waals surface area contributed by atoms with E-state index in [1.807, 2.05) is 0 Å². The second kappa shape index (κ2) is 4.97. The van der Waals surface area contributed by atoms with Gasteiger partial charge < -0.3 is 0 Å². The summed E-state index contributed by atoms with van der Waals surface area (Å²) in [7, 11) is 0.